The molecular weight excluding hydrogens is 328 g/mol. The van der Waals surface area contributed by atoms with E-state index in [0.29, 0.717) is 6.61 Å². The van der Waals surface area contributed by atoms with Gasteiger partial charge >= 0.3 is 0 Å². The van der Waals surface area contributed by atoms with Crippen LogP contribution in [0.1, 0.15) is 29.7 Å². The Labute approximate surface area is 133 Å². The smallest absolute Gasteiger partial charge is 0.141 e. The highest BCUT2D eigenvalue weighted by atomic mass is 79.9. The topological polar surface area (TPSA) is 34.1 Å². The minimum Gasteiger partial charge on any atom is -0.487 e. The van der Waals surface area contributed by atoms with Gasteiger partial charge in [0.05, 0.1) is 5.69 Å². The number of halogens is 1. The average Bonchev–Trinajstić information content (AvgIpc) is 3.30. The highest BCUT2D eigenvalue weighted by molar-refractivity contribution is 9.10. The number of rotatable bonds is 6. The van der Waals surface area contributed by atoms with Gasteiger partial charge in [0.2, 0.25) is 0 Å². The summed E-state index contributed by atoms with van der Waals surface area (Å²) in [6.07, 6.45) is 4.41. The minimum absolute atomic E-state index is 0.545. The number of ether oxygens (including phenoxy) is 1. The Balaban J connectivity index is 1.61. The molecule has 1 N–H and O–H groups in total. The summed E-state index contributed by atoms with van der Waals surface area (Å²) in [7, 11) is 0. The van der Waals surface area contributed by atoms with E-state index in [1.165, 1.54) is 18.4 Å². The second-order valence-electron chi connectivity index (χ2n) is 5.46. The van der Waals surface area contributed by atoms with E-state index in [1.54, 1.807) is 6.20 Å². The molecule has 1 saturated carbocycles. The molecule has 0 radical (unpaired) electrons. The van der Waals surface area contributed by atoms with E-state index < -0.39 is 0 Å². The van der Waals surface area contributed by atoms with Gasteiger partial charge < -0.3 is 10.1 Å². The molecule has 0 amide bonds. The van der Waals surface area contributed by atoms with Gasteiger partial charge in [-0.1, -0.05) is 28.1 Å². The highest BCUT2D eigenvalue weighted by Crippen LogP contribution is 2.23. The molecule has 1 aliphatic rings. The Bertz CT molecular complexity index is 626. The third kappa shape index (κ3) is 4.05. The van der Waals surface area contributed by atoms with Crippen molar-refractivity contribution in [3.05, 3.63) is 57.8 Å². The number of hydrogen-bond donors (Lipinski definition) is 1. The number of aromatic nitrogens is 1. The van der Waals surface area contributed by atoms with Gasteiger partial charge in [0.1, 0.15) is 12.4 Å². The first-order chi connectivity index (χ1) is 10.2. The highest BCUT2D eigenvalue weighted by Gasteiger charge is 2.19. The van der Waals surface area contributed by atoms with Crippen LogP contribution in [0.3, 0.4) is 0 Å². The molecule has 0 bridgehead atoms. The van der Waals surface area contributed by atoms with Crippen molar-refractivity contribution in [3.8, 4) is 5.75 Å². The first-order valence-electron chi connectivity index (χ1n) is 7.27. The van der Waals surface area contributed by atoms with Gasteiger partial charge in [-0.2, -0.15) is 0 Å². The molecule has 1 fully saturated rings. The number of benzene rings is 1. The van der Waals surface area contributed by atoms with E-state index in [-0.39, 0.29) is 0 Å². The van der Waals surface area contributed by atoms with Crippen LogP contribution in [0.15, 0.2) is 41.0 Å². The maximum absolute atomic E-state index is 5.84. The number of nitrogens with zero attached hydrogens (tertiary/aromatic N) is 1. The summed E-state index contributed by atoms with van der Waals surface area (Å²) in [4.78, 5) is 4.23. The van der Waals surface area contributed by atoms with Crippen molar-refractivity contribution in [1.82, 2.24) is 10.3 Å². The van der Waals surface area contributed by atoms with Crippen molar-refractivity contribution < 1.29 is 4.74 Å². The van der Waals surface area contributed by atoms with Gasteiger partial charge in [0.25, 0.3) is 0 Å². The fourth-order valence-electron chi connectivity index (χ4n) is 2.15. The van der Waals surface area contributed by atoms with E-state index in [1.807, 2.05) is 19.1 Å². The van der Waals surface area contributed by atoms with Crippen LogP contribution in [0.4, 0.5) is 0 Å². The minimum atomic E-state index is 0.545. The fourth-order valence-corrected chi connectivity index (χ4v) is 2.69. The van der Waals surface area contributed by atoms with Gasteiger partial charge in [-0.25, -0.2) is 0 Å². The predicted molar refractivity (Wildman–Crippen MR) is 87.3 cm³/mol. The molecule has 0 atom stereocenters. The monoisotopic (exact) mass is 346 g/mol. The summed E-state index contributed by atoms with van der Waals surface area (Å²) in [5, 5.41) is 3.52. The summed E-state index contributed by atoms with van der Waals surface area (Å²) in [5.41, 5.74) is 3.36. The first-order valence-corrected chi connectivity index (χ1v) is 8.07. The molecular formula is C17H19BrN2O. The quantitative estimate of drug-likeness (QED) is 0.858. The molecule has 3 nitrogen and oxygen atoms in total. The van der Waals surface area contributed by atoms with Gasteiger partial charge in [0.15, 0.2) is 0 Å². The largest absolute Gasteiger partial charge is 0.487 e. The molecule has 1 heterocycles. The predicted octanol–water partition coefficient (Wildman–Crippen LogP) is 3.98. The van der Waals surface area contributed by atoms with Crippen LogP contribution < -0.4 is 10.1 Å². The standard InChI is InChI=1S/C17H19BrN2O/c1-12-17(3-2-8-19-12)21-11-14-5-4-13(9-16(14)18)10-20-15-6-7-15/h2-5,8-9,15,20H,6-7,10-11H2,1H3. The summed E-state index contributed by atoms with van der Waals surface area (Å²) >= 11 is 3.64. The summed E-state index contributed by atoms with van der Waals surface area (Å²) < 4.78 is 6.94. The number of hydrogen-bond acceptors (Lipinski definition) is 3. The van der Waals surface area contributed by atoms with Crippen LogP contribution in [0, 0.1) is 6.92 Å². The zero-order chi connectivity index (χ0) is 14.7. The Morgan fingerprint density at radius 3 is 2.90 bits per heavy atom. The Kier molecular flexibility index (Phi) is 4.56. The van der Waals surface area contributed by atoms with E-state index >= 15 is 0 Å². The van der Waals surface area contributed by atoms with Gasteiger partial charge in [0, 0.05) is 28.8 Å². The van der Waals surface area contributed by atoms with Crippen LogP contribution in [0.25, 0.3) is 0 Å². The van der Waals surface area contributed by atoms with Crippen molar-refractivity contribution in [1.29, 1.82) is 0 Å². The van der Waals surface area contributed by atoms with Crippen LogP contribution >= 0.6 is 15.9 Å². The zero-order valence-corrected chi connectivity index (χ0v) is 13.7. The number of aryl methyl sites for hydroxylation is 1. The lowest BCUT2D eigenvalue weighted by molar-refractivity contribution is 0.302. The van der Waals surface area contributed by atoms with Crippen molar-refractivity contribution in [3.63, 3.8) is 0 Å². The number of pyridine rings is 1. The van der Waals surface area contributed by atoms with Gasteiger partial charge in [-0.15, -0.1) is 0 Å². The van der Waals surface area contributed by atoms with Gasteiger partial charge in [-0.3, -0.25) is 4.98 Å². The average molecular weight is 347 g/mol. The molecule has 0 unspecified atom stereocenters. The Morgan fingerprint density at radius 1 is 1.33 bits per heavy atom. The second-order valence-corrected chi connectivity index (χ2v) is 6.31. The molecule has 21 heavy (non-hydrogen) atoms. The van der Waals surface area contributed by atoms with E-state index in [9.17, 15) is 0 Å². The summed E-state index contributed by atoms with van der Waals surface area (Å²) in [6.45, 7) is 3.44. The molecule has 1 aliphatic carbocycles. The van der Waals surface area contributed by atoms with Crippen LogP contribution in [0.2, 0.25) is 0 Å². The fraction of sp³-hybridized carbons (Fsp3) is 0.353. The lowest BCUT2D eigenvalue weighted by Gasteiger charge is -2.11. The molecule has 2 aromatic rings. The molecule has 4 heteroatoms. The van der Waals surface area contributed by atoms with Crippen molar-refractivity contribution in [2.45, 2.75) is 39.0 Å². The van der Waals surface area contributed by atoms with Crippen LogP contribution in [-0.4, -0.2) is 11.0 Å². The Morgan fingerprint density at radius 2 is 2.19 bits per heavy atom. The SMILES string of the molecule is Cc1ncccc1OCc1ccc(CNC2CC2)cc1Br. The van der Waals surface area contributed by atoms with Crippen molar-refractivity contribution in [2.24, 2.45) is 0 Å². The lowest BCUT2D eigenvalue weighted by atomic mass is 10.1. The maximum Gasteiger partial charge on any atom is 0.141 e. The molecule has 0 saturated heterocycles. The van der Waals surface area contributed by atoms with E-state index in [2.05, 4.69) is 44.4 Å². The Hall–Kier alpha value is -1.39. The van der Waals surface area contributed by atoms with E-state index in [0.717, 1.165) is 34.1 Å². The normalized spacial score (nSPS) is 14.2. The number of nitrogens with one attached hydrogen (secondary N) is 1. The van der Waals surface area contributed by atoms with Gasteiger partial charge in [-0.05, 0) is 43.5 Å². The van der Waals surface area contributed by atoms with Crippen molar-refractivity contribution >= 4 is 15.9 Å². The molecule has 0 aliphatic heterocycles. The second kappa shape index (κ2) is 6.58. The third-order valence-corrected chi connectivity index (χ3v) is 4.37. The maximum atomic E-state index is 5.84. The molecule has 110 valence electrons. The first kappa shape index (κ1) is 14.5. The van der Waals surface area contributed by atoms with Crippen LogP contribution in [0.5, 0.6) is 5.75 Å². The third-order valence-electron chi connectivity index (χ3n) is 3.63. The molecule has 1 aromatic carbocycles. The lowest BCUT2D eigenvalue weighted by Crippen LogP contribution is -2.15. The molecule has 0 spiro atoms. The summed E-state index contributed by atoms with van der Waals surface area (Å²) in [5.74, 6) is 0.837. The zero-order valence-electron chi connectivity index (χ0n) is 12.1. The molecule has 1 aromatic heterocycles. The van der Waals surface area contributed by atoms with Crippen molar-refractivity contribution in [2.75, 3.05) is 0 Å². The molecule has 3 rings (SSSR count). The summed E-state index contributed by atoms with van der Waals surface area (Å²) in [6, 6.07) is 11.0. The van der Waals surface area contributed by atoms with E-state index in [4.69, 9.17) is 4.74 Å². The van der Waals surface area contributed by atoms with Crippen LogP contribution in [-0.2, 0) is 13.2 Å².